The molecule has 21 heavy (non-hydrogen) atoms. The highest BCUT2D eigenvalue weighted by Gasteiger charge is 2.15. The van der Waals surface area contributed by atoms with Gasteiger partial charge in [-0.2, -0.15) is 0 Å². The van der Waals surface area contributed by atoms with Gasteiger partial charge in [-0.25, -0.2) is 0 Å². The predicted molar refractivity (Wildman–Crippen MR) is 80.2 cm³/mol. The molecule has 0 radical (unpaired) electrons. The summed E-state index contributed by atoms with van der Waals surface area (Å²) in [6, 6.07) is 7.40. The number of aryl methyl sites for hydroxylation is 1. The number of carbonyl (C=O) groups is 2. The van der Waals surface area contributed by atoms with Crippen LogP contribution in [0.5, 0.6) is 5.75 Å². The van der Waals surface area contributed by atoms with E-state index in [-0.39, 0.29) is 30.9 Å². The second-order valence-electron chi connectivity index (χ2n) is 4.70. The van der Waals surface area contributed by atoms with Crippen LogP contribution in [0.15, 0.2) is 24.3 Å². The normalized spacial score (nSPS) is 11.6. The minimum atomic E-state index is -0.334. The lowest BCUT2D eigenvalue weighted by Crippen LogP contribution is -2.39. The second-order valence-corrected chi connectivity index (χ2v) is 4.70. The largest absolute Gasteiger partial charge is 0.483 e. The molecule has 0 spiro atoms. The van der Waals surface area contributed by atoms with Crippen LogP contribution in [0.2, 0.25) is 0 Å². The number of rotatable bonds is 8. The first-order chi connectivity index (χ1) is 10.1. The Labute approximate surface area is 125 Å². The summed E-state index contributed by atoms with van der Waals surface area (Å²) < 4.78 is 10.1. The van der Waals surface area contributed by atoms with Gasteiger partial charge in [-0.3, -0.25) is 9.59 Å². The summed E-state index contributed by atoms with van der Waals surface area (Å²) >= 11 is 0. The van der Waals surface area contributed by atoms with Crippen molar-refractivity contribution in [2.45, 2.75) is 39.2 Å². The smallest absolute Gasteiger partial charge is 0.307 e. The van der Waals surface area contributed by atoms with E-state index in [1.165, 1.54) is 7.11 Å². The molecule has 0 saturated heterocycles. The third kappa shape index (κ3) is 5.85. The van der Waals surface area contributed by atoms with Crippen LogP contribution in [0.25, 0.3) is 0 Å². The fraction of sp³-hybridized carbons (Fsp3) is 0.500. The summed E-state index contributed by atoms with van der Waals surface area (Å²) in [5, 5.41) is 2.77. The minimum Gasteiger partial charge on any atom is -0.483 e. The molecule has 1 aromatic carbocycles. The van der Waals surface area contributed by atoms with E-state index in [2.05, 4.69) is 10.1 Å². The molecule has 1 atom stereocenters. The quantitative estimate of drug-likeness (QED) is 0.745. The van der Waals surface area contributed by atoms with Gasteiger partial charge in [0.05, 0.1) is 13.5 Å². The molecule has 0 aliphatic rings. The van der Waals surface area contributed by atoms with Gasteiger partial charge in [0, 0.05) is 6.04 Å². The monoisotopic (exact) mass is 293 g/mol. The lowest BCUT2D eigenvalue weighted by molar-refractivity contribution is -0.141. The van der Waals surface area contributed by atoms with Crippen LogP contribution >= 0.6 is 0 Å². The van der Waals surface area contributed by atoms with E-state index in [1.807, 2.05) is 38.1 Å². The maximum Gasteiger partial charge on any atom is 0.307 e. The van der Waals surface area contributed by atoms with E-state index in [0.29, 0.717) is 6.42 Å². The van der Waals surface area contributed by atoms with Gasteiger partial charge >= 0.3 is 5.97 Å². The fourth-order valence-electron chi connectivity index (χ4n) is 1.93. The molecule has 5 heteroatoms. The van der Waals surface area contributed by atoms with Gasteiger partial charge in [-0.05, 0) is 24.5 Å². The van der Waals surface area contributed by atoms with E-state index in [0.717, 1.165) is 17.7 Å². The summed E-state index contributed by atoms with van der Waals surface area (Å²) in [5.74, 6) is 0.146. The highest BCUT2D eigenvalue weighted by molar-refractivity contribution is 5.79. The number of hydrogen-bond acceptors (Lipinski definition) is 4. The zero-order chi connectivity index (χ0) is 15.7. The van der Waals surface area contributed by atoms with Gasteiger partial charge in [0.1, 0.15) is 5.75 Å². The first-order valence-corrected chi connectivity index (χ1v) is 7.17. The molecule has 0 aliphatic carbocycles. The third-order valence-electron chi connectivity index (χ3n) is 3.21. The highest BCUT2D eigenvalue weighted by atomic mass is 16.5. The van der Waals surface area contributed by atoms with E-state index in [1.54, 1.807) is 0 Å². The fourth-order valence-corrected chi connectivity index (χ4v) is 1.93. The number of benzene rings is 1. The molecule has 0 heterocycles. The van der Waals surface area contributed by atoms with Crippen LogP contribution in [0, 0.1) is 0 Å². The Kier molecular flexibility index (Phi) is 7.29. The van der Waals surface area contributed by atoms with Gasteiger partial charge in [0.15, 0.2) is 6.61 Å². The van der Waals surface area contributed by atoms with Gasteiger partial charge in [-0.15, -0.1) is 0 Å². The van der Waals surface area contributed by atoms with Crippen LogP contribution in [-0.4, -0.2) is 31.6 Å². The number of hydrogen-bond donors (Lipinski definition) is 1. The summed E-state index contributed by atoms with van der Waals surface area (Å²) in [5.41, 5.74) is 1.06. The SMILES string of the molecule is CCc1ccccc1OCC(=O)NC(CC)CC(=O)OC. The number of nitrogens with one attached hydrogen (secondary N) is 1. The van der Waals surface area contributed by atoms with Crippen LogP contribution < -0.4 is 10.1 Å². The Bertz CT molecular complexity index is 473. The maximum absolute atomic E-state index is 11.9. The summed E-state index contributed by atoms with van der Waals surface area (Å²) in [4.78, 5) is 23.1. The number of esters is 1. The highest BCUT2D eigenvalue weighted by Crippen LogP contribution is 2.17. The molecular weight excluding hydrogens is 270 g/mol. The molecular formula is C16H23NO4. The minimum absolute atomic E-state index is 0.0608. The number of amides is 1. The lowest BCUT2D eigenvalue weighted by Gasteiger charge is -2.16. The molecule has 0 aliphatic heterocycles. The van der Waals surface area contributed by atoms with Gasteiger partial charge in [0.25, 0.3) is 5.91 Å². The van der Waals surface area contributed by atoms with Crippen molar-refractivity contribution < 1.29 is 19.1 Å². The average molecular weight is 293 g/mol. The Balaban J connectivity index is 2.47. The van der Waals surface area contributed by atoms with Crippen molar-refractivity contribution in [2.75, 3.05) is 13.7 Å². The molecule has 1 unspecified atom stereocenters. The van der Waals surface area contributed by atoms with Crippen molar-refractivity contribution in [1.29, 1.82) is 0 Å². The second kappa shape index (κ2) is 9.00. The first kappa shape index (κ1) is 17.0. The van der Waals surface area contributed by atoms with Crippen LogP contribution in [0.3, 0.4) is 0 Å². The van der Waals surface area contributed by atoms with Crippen molar-refractivity contribution in [3.8, 4) is 5.75 Å². The summed E-state index contributed by atoms with van der Waals surface area (Å²) in [6.45, 7) is 3.88. The van der Waals surface area contributed by atoms with Crippen molar-refractivity contribution >= 4 is 11.9 Å². The predicted octanol–water partition coefficient (Wildman–Crippen LogP) is 2.09. The molecule has 0 saturated carbocycles. The van der Waals surface area contributed by atoms with Crippen molar-refractivity contribution in [1.82, 2.24) is 5.32 Å². The molecule has 1 aromatic rings. The number of carbonyl (C=O) groups excluding carboxylic acids is 2. The van der Waals surface area contributed by atoms with Gasteiger partial charge < -0.3 is 14.8 Å². The molecule has 5 nitrogen and oxygen atoms in total. The molecule has 0 fully saturated rings. The third-order valence-corrected chi connectivity index (χ3v) is 3.21. The Morgan fingerprint density at radius 2 is 1.95 bits per heavy atom. The van der Waals surface area contributed by atoms with Crippen molar-refractivity contribution in [3.05, 3.63) is 29.8 Å². The number of methoxy groups -OCH3 is 1. The number of para-hydroxylation sites is 1. The van der Waals surface area contributed by atoms with E-state index in [9.17, 15) is 9.59 Å². The van der Waals surface area contributed by atoms with Crippen molar-refractivity contribution in [2.24, 2.45) is 0 Å². The molecule has 1 N–H and O–H groups in total. The zero-order valence-corrected chi connectivity index (χ0v) is 12.8. The lowest BCUT2D eigenvalue weighted by atomic mass is 10.1. The zero-order valence-electron chi connectivity index (χ0n) is 12.8. The average Bonchev–Trinajstić information content (AvgIpc) is 2.52. The number of ether oxygens (including phenoxy) is 2. The van der Waals surface area contributed by atoms with Crippen molar-refractivity contribution in [3.63, 3.8) is 0 Å². The van der Waals surface area contributed by atoms with Crippen LogP contribution in [0.1, 0.15) is 32.3 Å². The summed E-state index contributed by atoms with van der Waals surface area (Å²) in [6.07, 6.45) is 1.67. The Morgan fingerprint density at radius 1 is 1.24 bits per heavy atom. The van der Waals surface area contributed by atoms with Gasteiger partial charge in [-0.1, -0.05) is 32.0 Å². The van der Waals surface area contributed by atoms with Gasteiger partial charge in [0.2, 0.25) is 0 Å². The molecule has 0 aromatic heterocycles. The van der Waals surface area contributed by atoms with E-state index < -0.39 is 0 Å². The molecule has 1 rings (SSSR count). The van der Waals surface area contributed by atoms with Crippen LogP contribution in [-0.2, 0) is 20.7 Å². The molecule has 0 bridgehead atoms. The van der Waals surface area contributed by atoms with E-state index >= 15 is 0 Å². The van der Waals surface area contributed by atoms with E-state index in [4.69, 9.17) is 4.74 Å². The standard InChI is InChI=1S/C16H23NO4/c1-4-12-8-6-7-9-14(12)21-11-15(18)17-13(5-2)10-16(19)20-3/h6-9,13H,4-5,10-11H2,1-3H3,(H,17,18). The Hall–Kier alpha value is -2.04. The van der Waals surface area contributed by atoms with Crippen LogP contribution in [0.4, 0.5) is 0 Å². The Morgan fingerprint density at radius 3 is 2.57 bits per heavy atom. The summed E-state index contributed by atoms with van der Waals surface area (Å²) in [7, 11) is 1.33. The molecule has 116 valence electrons. The molecule has 1 amide bonds. The topological polar surface area (TPSA) is 64.6 Å². The first-order valence-electron chi connectivity index (χ1n) is 7.17. The maximum atomic E-state index is 11.9.